The van der Waals surface area contributed by atoms with Gasteiger partial charge in [0.25, 0.3) is 5.91 Å². The lowest BCUT2D eigenvalue weighted by atomic mass is 10.0. The van der Waals surface area contributed by atoms with Crippen LogP contribution in [0.3, 0.4) is 0 Å². The first-order valence-corrected chi connectivity index (χ1v) is 5.99. The van der Waals surface area contributed by atoms with E-state index in [0.717, 1.165) is 0 Å². The number of carboxylic acid groups (broad SMARTS) is 1. The van der Waals surface area contributed by atoms with Crippen molar-refractivity contribution < 1.29 is 29.0 Å². The summed E-state index contributed by atoms with van der Waals surface area (Å²) in [7, 11) is 0. The van der Waals surface area contributed by atoms with Gasteiger partial charge in [-0.1, -0.05) is 0 Å². The van der Waals surface area contributed by atoms with Crippen LogP contribution in [0.1, 0.15) is 19.8 Å². The average molecular weight is 274 g/mol. The zero-order valence-electron chi connectivity index (χ0n) is 10.7. The molecule has 0 saturated carbocycles. The van der Waals surface area contributed by atoms with E-state index in [4.69, 9.17) is 9.84 Å². The molecule has 0 bridgehead atoms. The predicted molar refractivity (Wildman–Crippen MR) is 63.6 cm³/mol. The molecule has 1 rings (SSSR count). The Morgan fingerprint density at radius 2 is 2.11 bits per heavy atom. The van der Waals surface area contributed by atoms with E-state index in [1.165, 1.54) is 0 Å². The summed E-state index contributed by atoms with van der Waals surface area (Å²) in [5.41, 5.74) is 0. The minimum atomic E-state index is -1.17. The second-order valence-corrected chi connectivity index (χ2v) is 4.31. The number of urea groups is 1. The van der Waals surface area contributed by atoms with Crippen molar-refractivity contribution >= 4 is 17.9 Å². The second-order valence-electron chi connectivity index (χ2n) is 4.31. The maximum atomic E-state index is 11.5. The van der Waals surface area contributed by atoms with Gasteiger partial charge in [0.15, 0.2) is 0 Å². The van der Waals surface area contributed by atoms with Gasteiger partial charge in [-0.2, -0.15) is 0 Å². The van der Waals surface area contributed by atoms with Gasteiger partial charge >= 0.3 is 12.0 Å². The molecular formula is C11H18N2O6. The summed E-state index contributed by atoms with van der Waals surface area (Å²) in [5, 5.41) is 13.0. The number of hydrogen-bond acceptors (Lipinski definition) is 5. The highest BCUT2D eigenvalue weighted by atomic mass is 16.5. The zero-order chi connectivity index (χ0) is 14.3. The summed E-state index contributed by atoms with van der Waals surface area (Å²) in [4.78, 5) is 32.8. The van der Waals surface area contributed by atoms with Gasteiger partial charge < -0.3 is 19.9 Å². The Bertz CT molecular complexity index is 346. The molecule has 3 N–H and O–H groups in total. The average Bonchev–Trinajstić information content (AvgIpc) is 2.27. The van der Waals surface area contributed by atoms with E-state index in [9.17, 15) is 14.4 Å². The van der Waals surface area contributed by atoms with Gasteiger partial charge in [0, 0.05) is 12.6 Å². The van der Waals surface area contributed by atoms with Crippen molar-refractivity contribution in [1.29, 1.82) is 0 Å². The summed E-state index contributed by atoms with van der Waals surface area (Å²) in [6, 6.07) is -0.639. The van der Waals surface area contributed by atoms with Crippen LogP contribution in [0.2, 0.25) is 0 Å². The zero-order valence-corrected chi connectivity index (χ0v) is 10.7. The first-order valence-electron chi connectivity index (χ1n) is 5.99. The largest absolute Gasteiger partial charge is 0.480 e. The van der Waals surface area contributed by atoms with Crippen molar-refractivity contribution in [2.75, 3.05) is 19.8 Å². The molecule has 8 heteroatoms. The predicted octanol–water partition coefficient (Wildman–Crippen LogP) is -0.519. The molecule has 0 spiro atoms. The topological polar surface area (TPSA) is 114 Å². The highest BCUT2D eigenvalue weighted by Crippen LogP contribution is 2.12. The van der Waals surface area contributed by atoms with E-state index >= 15 is 0 Å². The standard InChI is InChI=1S/C11H18N2O6/c1-7-4-8(2-3-19-7)12-11(17)13-9(14)5-18-6-10(15)16/h7-8H,2-6H2,1H3,(H,15,16)(H2,12,13,14,17). The molecular weight excluding hydrogens is 256 g/mol. The Labute approximate surface area is 110 Å². The molecule has 0 aromatic rings. The molecule has 1 fully saturated rings. The summed E-state index contributed by atoms with van der Waals surface area (Å²) < 4.78 is 9.89. The molecule has 108 valence electrons. The third-order valence-corrected chi connectivity index (χ3v) is 2.53. The second kappa shape index (κ2) is 7.70. The van der Waals surface area contributed by atoms with Crippen LogP contribution < -0.4 is 10.6 Å². The molecule has 0 aliphatic carbocycles. The molecule has 3 amide bonds. The highest BCUT2D eigenvalue weighted by molar-refractivity contribution is 5.95. The fraction of sp³-hybridized carbons (Fsp3) is 0.727. The van der Waals surface area contributed by atoms with Crippen molar-refractivity contribution in [3.8, 4) is 0 Å². The maximum Gasteiger partial charge on any atom is 0.329 e. The highest BCUT2D eigenvalue weighted by Gasteiger charge is 2.21. The number of amides is 3. The van der Waals surface area contributed by atoms with Gasteiger partial charge in [-0.3, -0.25) is 10.1 Å². The fourth-order valence-corrected chi connectivity index (χ4v) is 1.74. The molecule has 1 saturated heterocycles. The summed E-state index contributed by atoms with van der Waals surface area (Å²) in [6.07, 6.45) is 1.46. The normalized spacial score (nSPS) is 22.6. The molecule has 1 heterocycles. The Morgan fingerprint density at radius 3 is 2.74 bits per heavy atom. The van der Waals surface area contributed by atoms with Crippen molar-refractivity contribution in [3.63, 3.8) is 0 Å². The Balaban J connectivity index is 2.19. The molecule has 19 heavy (non-hydrogen) atoms. The number of rotatable bonds is 5. The third-order valence-electron chi connectivity index (χ3n) is 2.53. The minimum absolute atomic E-state index is 0.0310. The molecule has 0 radical (unpaired) electrons. The summed E-state index contributed by atoms with van der Waals surface area (Å²) in [5.74, 6) is -1.85. The van der Waals surface area contributed by atoms with Crippen LogP contribution in [0, 0.1) is 0 Å². The number of ether oxygens (including phenoxy) is 2. The van der Waals surface area contributed by atoms with E-state index in [1.54, 1.807) is 0 Å². The summed E-state index contributed by atoms with van der Waals surface area (Å²) in [6.45, 7) is 1.44. The molecule has 0 aromatic heterocycles. The number of nitrogens with one attached hydrogen (secondary N) is 2. The van der Waals surface area contributed by atoms with Gasteiger partial charge in [0.05, 0.1) is 6.10 Å². The Hall–Kier alpha value is -1.67. The molecule has 0 aromatic carbocycles. The van der Waals surface area contributed by atoms with Crippen molar-refractivity contribution in [2.24, 2.45) is 0 Å². The Morgan fingerprint density at radius 1 is 1.37 bits per heavy atom. The van der Waals surface area contributed by atoms with Crippen LogP contribution in [0.15, 0.2) is 0 Å². The number of carboxylic acids is 1. The minimum Gasteiger partial charge on any atom is -0.480 e. The van der Waals surface area contributed by atoms with Gasteiger partial charge in [0.2, 0.25) is 0 Å². The smallest absolute Gasteiger partial charge is 0.329 e. The van der Waals surface area contributed by atoms with E-state index in [-0.39, 0.29) is 12.1 Å². The van der Waals surface area contributed by atoms with E-state index in [2.05, 4.69) is 15.4 Å². The molecule has 1 aliphatic rings. The first-order chi connectivity index (χ1) is 8.97. The molecule has 1 aliphatic heterocycles. The van der Waals surface area contributed by atoms with E-state index < -0.39 is 31.1 Å². The molecule has 2 atom stereocenters. The quantitative estimate of drug-likeness (QED) is 0.621. The van der Waals surface area contributed by atoms with Gasteiger partial charge in [-0.05, 0) is 19.8 Å². The lowest BCUT2D eigenvalue weighted by Crippen LogP contribution is -2.48. The lowest BCUT2D eigenvalue weighted by molar-refractivity contribution is -0.143. The Kier molecular flexibility index (Phi) is 6.23. The van der Waals surface area contributed by atoms with Crippen molar-refractivity contribution in [2.45, 2.75) is 31.9 Å². The van der Waals surface area contributed by atoms with Crippen LogP contribution in [0.4, 0.5) is 4.79 Å². The number of aliphatic carboxylic acids is 1. The van der Waals surface area contributed by atoms with Gasteiger partial charge in [-0.15, -0.1) is 0 Å². The number of carbonyl (C=O) groups is 3. The first kappa shape index (κ1) is 15.4. The fourth-order valence-electron chi connectivity index (χ4n) is 1.74. The monoisotopic (exact) mass is 274 g/mol. The van der Waals surface area contributed by atoms with Crippen LogP contribution >= 0.6 is 0 Å². The molecule has 8 nitrogen and oxygen atoms in total. The van der Waals surface area contributed by atoms with Gasteiger partial charge in [0.1, 0.15) is 13.2 Å². The SMILES string of the molecule is CC1CC(NC(=O)NC(=O)COCC(=O)O)CCO1. The molecule has 2 unspecified atom stereocenters. The maximum absolute atomic E-state index is 11.5. The van der Waals surface area contributed by atoms with Crippen LogP contribution in [0.5, 0.6) is 0 Å². The van der Waals surface area contributed by atoms with Crippen molar-refractivity contribution in [3.05, 3.63) is 0 Å². The van der Waals surface area contributed by atoms with E-state index in [0.29, 0.717) is 19.4 Å². The van der Waals surface area contributed by atoms with Crippen LogP contribution in [0.25, 0.3) is 0 Å². The third kappa shape index (κ3) is 6.73. The number of carbonyl (C=O) groups excluding carboxylic acids is 2. The lowest BCUT2D eigenvalue weighted by Gasteiger charge is -2.27. The van der Waals surface area contributed by atoms with Crippen LogP contribution in [-0.4, -0.2) is 55.0 Å². The number of imide groups is 1. The number of hydrogen-bond donors (Lipinski definition) is 3. The van der Waals surface area contributed by atoms with E-state index in [1.807, 2.05) is 6.92 Å². The summed E-state index contributed by atoms with van der Waals surface area (Å²) >= 11 is 0. The van der Waals surface area contributed by atoms with Gasteiger partial charge in [-0.25, -0.2) is 9.59 Å². The van der Waals surface area contributed by atoms with Crippen molar-refractivity contribution in [1.82, 2.24) is 10.6 Å². The van der Waals surface area contributed by atoms with Crippen LogP contribution in [-0.2, 0) is 19.1 Å².